The molecule has 0 N–H and O–H groups in total. The van der Waals surface area contributed by atoms with Crippen LogP contribution in [-0.2, 0) is 0 Å². The van der Waals surface area contributed by atoms with Gasteiger partial charge in [-0.05, 0) is 82.9 Å². The summed E-state index contributed by atoms with van der Waals surface area (Å²) in [4.78, 5) is 20.3. The summed E-state index contributed by atoms with van der Waals surface area (Å²) in [5.74, 6) is 0. The molecular weight excluding hydrogens is 737 g/mol. The number of pyridine rings is 4. The maximum absolute atomic E-state index is 5.29. The van der Waals surface area contributed by atoms with Crippen LogP contribution in [0.15, 0.2) is 194 Å². The Kier molecular flexibility index (Phi) is 7.68. The van der Waals surface area contributed by atoms with E-state index in [1.165, 1.54) is 20.2 Å². The molecule has 274 valence electrons. The first-order valence-electron chi connectivity index (χ1n) is 19.8. The molecule has 0 saturated carbocycles. The van der Waals surface area contributed by atoms with Crippen molar-refractivity contribution in [3.8, 4) is 56.0 Å². The number of thiophene rings is 1. The second kappa shape index (κ2) is 13.5. The molecule has 5 aromatic heterocycles. The Morgan fingerprint density at radius 2 is 0.729 bits per heavy atom. The lowest BCUT2D eigenvalue weighted by molar-refractivity contribution is 1.37. The Morgan fingerprint density at radius 3 is 1.31 bits per heavy atom. The van der Waals surface area contributed by atoms with Crippen LogP contribution in [0, 0.1) is 0 Å². The average Bonchev–Trinajstić information content (AvgIpc) is 3.69. The quantitative estimate of drug-likeness (QED) is 0.164. The second-order valence-corrected chi connectivity index (χ2v) is 16.1. The summed E-state index contributed by atoms with van der Waals surface area (Å²) in [6.45, 7) is 0. The molecule has 0 fully saturated rings. The molecule has 12 aromatic rings. The van der Waals surface area contributed by atoms with E-state index in [2.05, 4.69) is 187 Å². The van der Waals surface area contributed by atoms with Crippen LogP contribution in [-0.4, -0.2) is 19.9 Å². The number of rotatable bonds is 5. The van der Waals surface area contributed by atoms with Gasteiger partial charge in [-0.1, -0.05) is 127 Å². The van der Waals surface area contributed by atoms with E-state index < -0.39 is 0 Å². The van der Waals surface area contributed by atoms with Crippen molar-refractivity contribution < 1.29 is 0 Å². The van der Waals surface area contributed by atoms with Gasteiger partial charge >= 0.3 is 0 Å². The summed E-state index contributed by atoms with van der Waals surface area (Å²) in [5, 5.41) is 6.88. The number of aromatic nitrogens is 4. The third-order valence-electron chi connectivity index (χ3n) is 11.5. The fourth-order valence-electron chi connectivity index (χ4n) is 8.45. The van der Waals surface area contributed by atoms with Gasteiger partial charge in [0, 0.05) is 64.6 Å². The van der Waals surface area contributed by atoms with Gasteiger partial charge in [0.15, 0.2) is 0 Å². The van der Waals surface area contributed by atoms with Gasteiger partial charge in [-0.2, -0.15) is 0 Å². The summed E-state index contributed by atoms with van der Waals surface area (Å²) in [6, 6.07) is 66.8. The van der Waals surface area contributed by atoms with Crippen molar-refractivity contribution in [3.05, 3.63) is 194 Å². The summed E-state index contributed by atoms with van der Waals surface area (Å²) >= 11 is 1.83. The standard InChI is InChI=1S/C54H32N4S/c1-2-15-49-44(14-1)45-32-43(23-27-50(45)59-49)48-26-22-36-19-18-35-21-25-47(57-53(35)54(36)58-48)42-12-5-10-40(31-42)38-8-3-7-37(29-38)39-9-4-11-41(30-39)46-24-20-34-17-16-33-13-6-28-55-51(33)52(34)56-46/h1-32H. The zero-order valence-electron chi connectivity index (χ0n) is 31.7. The van der Waals surface area contributed by atoms with E-state index in [0.29, 0.717) is 0 Å². The number of hydrogen-bond acceptors (Lipinski definition) is 5. The van der Waals surface area contributed by atoms with Gasteiger partial charge in [-0.25, -0.2) is 15.0 Å². The molecule has 0 aliphatic rings. The molecule has 0 unspecified atom stereocenters. The lowest BCUT2D eigenvalue weighted by Crippen LogP contribution is -1.91. The van der Waals surface area contributed by atoms with Crippen molar-refractivity contribution in [2.75, 3.05) is 0 Å². The zero-order valence-corrected chi connectivity index (χ0v) is 32.5. The van der Waals surface area contributed by atoms with Crippen molar-refractivity contribution in [2.24, 2.45) is 0 Å². The van der Waals surface area contributed by atoms with Crippen molar-refractivity contribution >= 4 is 75.1 Å². The predicted molar refractivity (Wildman–Crippen MR) is 248 cm³/mol. The van der Waals surface area contributed by atoms with E-state index in [1.54, 1.807) is 0 Å². The topological polar surface area (TPSA) is 51.6 Å². The van der Waals surface area contributed by atoms with E-state index in [-0.39, 0.29) is 0 Å². The Balaban J connectivity index is 0.885. The Morgan fingerprint density at radius 1 is 0.288 bits per heavy atom. The molecule has 0 spiro atoms. The van der Waals surface area contributed by atoms with Gasteiger partial charge in [0.1, 0.15) is 0 Å². The second-order valence-electron chi connectivity index (χ2n) is 15.1. The maximum atomic E-state index is 5.29. The molecule has 7 aromatic carbocycles. The summed E-state index contributed by atoms with van der Waals surface area (Å²) < 4.78 is 2.59. The minimum Gasteiger partial charge on any atom is -0.254 e. The molecule has 0 aliphatic carbocycles. The van der Waals surface area contributed by atoms with Crippen LogP contribution in [0.25, 0.3) is 120 Å². The molecule has 0 radical (unpaired) electrons. The molecule has 4 nitrogen and oxygen atoms in total. The largest absolute Gasteiger partial charge is 0.254 e. The molecule has 0 aliphatic heterocycles. The monoisotopic (exact) mass is 768 g/mol. The first-order chi connectivity index (χ1) is 29.2. The lowest BCUT2D eigenvalue weighted by Gasteiger charge is -2.11. The number of benzene rings is 7. The highest BCUT2D eigenvalue weighted by Crippen LogP contribution is 2.37. The SMILES string of the molecule is c1cc(-c2cccc(-c3ccc4ccc5cccnc5c4n3)c2)cc(-c2cccc(-c3ccc4ccc5ccc(-c6ccc7sc8ccccc8c7c6)nc5c4n3)c2)c1. The molecule has 12 rings (SSSR count). The van der Waals surface area contributed by atoms with Crippen LogP contribution in [0.5, 0.6) is 0 Å². The van der Waals surface area contributed by atoms with Gasteiger partial charge in [-0.15, -0.1) is 11.3 Å². The molecule has 0 bridgehead atoms. The minimum atomic E-state index is 0.904. The zero-order chi connectivity index (χ0) is 38.9. The summed E-state index contributed by atoms with van der Waals surface area (Å²) in [6.07, 6.45) is 1.83. The molecule has 0 atom stereocenters. The fraction of sp³-hybridized carbons (Fsp3) is 0. The average molecular weight is 769 g/mol. The minimum absolute atomic E-state index is 0.904. The van der Waals surface area contributed by atoms with Crippen molar-refractivity contribution in [3.63, 3.8) is 0 Å². The van der Waals surface area contributed by atoms with Crippen LogP contribution in [0.2, 0.25) is 0 Å². The summed E-state index contributed by atoms with van der Waals surface area (Å²) in [5.41, 5.74) is 14.2. The molecule has 5 heteroatoms. The smallest absolute Gasteiger partial charge is 0.0972 e. The summed E-state index contributed by atoms with van der Waals surface area (Å²) in [7, 11) is 0. The van der Waals surface area contributed by atoms with Gasteiger partial charge in [-0.3, -0.25) is 4.98 Å². The maximum Gasteiger partial charge on any atom is 0.0972 e. The van der Waals surface area contributed by atoms with Gasteiger partial charge in [0.2, 0.25) is 0 Å². The van der Waals surface area contributed by atoms with Crippen LogP contribution in [0.1, 0.15) is 0 Å². The third-order valence-corrected chi connectivity index (χ3v) is 12.6. The highest BCUT2D eigenvalue weighted by Gasteiger charge is 2.13. The van der Waals surface area contributed by atoms with Crippen LogP contribution in [0.3, 0.4) is 0 Å². The first-order valence-corrected chi connectivity index (χ1v) is 20.6. The molecule has 59 heavy (non-hydrogen) atoms. The van der Waals surface area contributed by atoms with Crippen LogP contribution in [0.4, 0.5) is 0 Å². The molecule has 0 saturated heterocycles. The normalized spacial score (nSPS) is 11.7. The number of hydrogen-bond donors (Lipinski definition) is 0. The molecule has 0 amide bonds. The Hall–Kier alpha value is -7.60. The van der Waals surface area contributed by atoms with E-state index >= 15 is 0 Å². The highest BCUT2D eigenvalue weighted by molar-refractivity contribution is 7.25. The predicted octanol–water partition coefficient (Wildman–Crippen LogP) is 14.6. The van der Waals surface area contributed by atoms with Gasteiger partial charge in [0.25, 0.3) is 0 Å². The van der Waals surface area contributed by atoms with Crippen molar-refractivity contribution in [1.82, 2.24) is 19.9 Å². The lowest BCUT2D eigenvalue weighted by atomic mass is 9.96. The van der Waals surface area contributed by atoms with Gasteiger partial charge < -0.3 is 0 Å². The third kappa shape index (κ3) is 5.82. The highest BCUT2D eigenvalue weighted by atomic mass is 32.1. The van der Waals surface area contributed by atoms with Crippen LogP contribution < -0.4 is 0 Å². The number of nitrogens with zero attached hydrogens (tertiary/aromatic N) is 4. The van der Waals surface area contributed by atoms with Crippen molar-refractivity contribution in [1.29, 1.82) is 0 Å². The molecule has 5 heterocycles. The van der Waals surface area contributed by atoms with E-state index in [9.17, 15) is 0 Å². The first kappa shape index (κ1) is 33.5. The van der Waals surface area contributed by atoms with E-state index in [1.807, 2.05) is 23.6 Å². The Bertz CT molecular complexity index is 3640. The van der Waals surface area contributed by atoms with Gasteiger partial charge in [0.05, 0.1) is 39.1 Å². The number of fused-ring (bicyclic) bond motifs is 9. The van der Waals surface area contributed by atoms with Crippen LogP contribution >= 0.6 is 11.3 Å². The van der Waals surface area contributed by atoms with E-state index in [0.717, 1.165) is 99.6 Å². The van der Waals surface area contributed by atoms with E-state index in [4.69, 9.17) is 15.0 Å². The molecular formula is C54H32N4S. The van der Waals surface area contributed by atoms with Crippen molar-refractivity contribution in [2.45, 2.75) is 0 Å². The Labute approximate surface area is 343 Å². The fourth-order valence-corrected chi connectivity index (χ4v) is 9.54.